The molecule has 1 N–H and O–H groups in total. The highest BCUT2D eigenvalue weighted by atomic mass is 79.9. The highest BCUT2D eigenvalue weighted by Gasteiger charge is 2.16. The molecule has 0 bridgehead atoms. The monoisotopic (exact) mass is 331 g/mol. The number of aromatic carboxylic acids is 1. The van der Waals surface area contributed by atoms with Crippen LogP contribution in [0.2, 0.25) is 5.02 Å². The molecule has 1 aromatic carbocycles. The topological polar surface area (TPSA) is 50.2 Å². The lowest BCUT2D eigenvalue weighted by atomic mass is 10.2. The van der Waals surface area contributed by atoms with Crippen molar-refractivity contribution in [2.75, 3.05) is 0 Å². The molecular formula is C11H7BrClNO2S. The molecule has 0 aliphatic rings. The summed E-state index contributed by atoms with van der Waals surface area (Å²) in [7, 11) is 0. The number of rotatable bonds is 2. The standard InChI is InChI=1S/C11H7BrClNO2S/c1-5-9(11(15)16)14-10(17-5)7-4-6(12)2-3-8(7)13/h2-4H,1H3,(H,15,16). The van der Waals surface area contributed by atoms with Gasteiger partial charge in [0.15, 0.2) is 5.69 Å². The number of thiazole rings is 1. The van der Waals surface area contributed by atoms with Crippen LogP contribution < -0.4 is 0 Å². The smallest absolute Gasteiger partial charge is 0.355 e. The Kier molecular flexibility index (Phi) is 3.51. The van der Waals surface area contributed by atoms with Crippen LogP contribution in [0, 0.1) is 6.92 Å². The highest BCUT2D eigenvalue weighted by molar-refractivity contribution is 9.10. The first-order valence-corrected chi connectivity index (χ1v) is 6.64. The fraction of sp³-hybridized carbons (Fsp3) is 0.0909. The zero-order valence-corrected chi connectivity index (χ0v) is 11.9. The van der Waals surface area contributed by atoms with E-state index in [2.05, 4.69) is 20.9 Å². The summed E-state index contributed by atoms with van der Waals surface area (Å²) in [5, 5.41) is 10.1. The average molecular weight is 333 g/mol. The van der Waals surface area contributed by atoms with Crippen molar-refractivity contribution < 1.29 is 9.90 Å². The number of carbonyl (C=O) groups is 1. The maximum Gasteiger partial charge on any atom is 0.355 e. The lowest BCUT2D eigenvalue weighted by Crippen LogP contribution is -1.98. The van der Waals surface area contributed by atoms with E-state index < -0.39 is 5.97 Å². The molecule has 3 nitrogen and oxygen atoms in total. The van der Waals surface area contributed by atoms with Crippen molar-refractivity contribution in [3.8, 4) is 10.6 Å². The van der Waals surface area contributed by atoms with Crippen LogP contribution in [-0.4, -0.2) is 16.1 Å². The Morgan fingerprint density at radius 3 is 2.82 bits per heavy atom. The molecule has 1 heterocycles. The van der Waals surface area contributed by atoms with Crippen molar-refractivity contribution in [3.63, 3.8) is 0 Å². The van der Waals surface area contributed by atoms with Gasteiger partial charge in [-0.2, -0.15) is 0 Å². The molecule has 88 valence electrons. The number of carboxylic acids is 1. The lowest BCUT2D eigenvalue weighted by molar-refractivity contribution is 0.0690. The minimum absolute atomic E-state index is 0.0843. The van der Waals surface area contributed by atoms with Crippen LogP contribution in [-0.2, 0) is 0 Å². The molecule has 0 atom stereocenters. The Hall–Kier alpha value is -0.910. The van der Waals surface area contributed by atoms with Gasteiger partial charge >= 0.3 is 5.97 Å². The second-order valence-electron chi connectivity index (χ2n) is 3.35. The molecule has 0 unspecified atom stereocenters. The highest BCUT2D eigenvalue weighted by Crippen LogP contribution is 2.34. The molecule has 0 aliphatic carbocycles. The van der Waals surface area contributed by atoms with Crippen LogP contribution in [0.25, 0.3) is 10.6 Å². The van der Waals surface area contributed by atoms with Gasteiger partial charge in [-0.05, 0) is 25.1 Å². The van der Waals surface area contributed by atoms with Crippen LogP contribution in [0.3, 0.4) is 0 Å². The molecule has 0 saturated carbocycles. The van der Waals surface area contributed by atoms with Crippen molar-refractivity contribution in [2.45, 2.75) is 6.92 Å². The third kappa shape index (κ3) is 2.51. The number of carboxylic acid groups (broad SMARTS) is 1. The SMILES string of the molecule is Cc1sc(-c2cc(Br)ccc2Cl)nc1C(=O)O. The molecule has 17 heavy (non-hydrogen) atoms. The summed E-state index contributed by atoms with van der Waals surface area (Å²) in [6.07, 6.45) is 0. The summed E-state index contributed by atoms with van der Waals surface area (Å²) in [6, 6.07) is 5.40. The Labute approximate surface area is 115 Å². The number of hydrogen-bond donors (Lipinski definition) is 1. The first-order chi connectivity index (χ1) is 7.99. The van der Waals surface area contributed by atoms with Crippen molar-refractivity contribution >= 4 is 44.8 Å². The van der Waals surface area contributed by atoms with Gasteiger partial charge in [0.05, 0.1) is 5.02 Å². The molecule has 6 heteroatoms. The summed E-state index contributed by atoms with van der Waals surface area (Å²) in [5.41, 5.74) is 0.822. The minimum atomic E-state index is -1.02. The van der Waals surface area contributed by atoms with Crippen molar-refractivity contribution in [3.05, 3.63) is 38.3 Å². The van der Waals surface area contributed by atoms with Crippen molar-refractivity contribution in [2.24, 2.45) is 0 Å². The number of benzene rings is 1. The van der Waals surface area contributed by atoms with Gasteiger partial charge in [-0.25, -0.2) is 9.78 Å². The fourth-order valence-corrected chi connectivity index (χ4v) is 2.93. The summed E-state index contributed by atoms with van der Waals surface area (Å²) in [5.74, 6) is -1.02. The normalized spacial score (nSPS) is 10.5. The number of hydrogen-bond acceptors (Lipinski definition) is 3. The van der Waals surface area contributed by atoms with E-state index >= 15 is 0 Å². The molecule has 0 radical (unpaired) electrons. The summed E-state index contributed by atoms with van der Waals surface area (Å²) in [6.45, 7) is 1.73. The second kappa shape index (κ2) is 4.76. The largest absolute Gasteiger partial charge is 0.476 e. The zero-order valence-electron chi connectivity index (χ0n) is 8.70. The summed E-state index contributed by atoms with van der Waals surface area (Å²) < 4.78 is 0.877. The van der Waals surface area contributed by atoms with E-state index in [0.29, 0.717) is 14.9 Å². The first-order valence-electron chi connectivity index (χ1n) is 4.65. The Balaban J connectivity index is 2.57. The fourth-order valence-electron chi connectivity index (χ4n) is 1.37. The molecule has 0 spiro atoms. The minimum Gasteiger partial charge on any atom is -0.476 e. The van der Waals surface area contributed by atoms with Gasteiger partial charge in [-0.1, -0.05) is 27.5 Å². The zero-order chi connectivity index (χ0) is 12.6. The number of aromatic nitrogens is 1. The predicted octanol–water partition coefficient (Wildman–Crippen LogP) is 4.23. The molecule has 2 aromatic rings. The van der Waals surface area contributed by atoms with Crippen LogP contribution in [0.5, 0.6) is 0 Å². The third-order valence-corrected chi connectivity index (χ3v) is 3.98. The van der Waals surface area contributed by atoms with Crippen LogP contribution in [0.1, 0.15) is 15.4 Å². The van der Waals surface area contributed by atoms with Gasteiger partial charge < -0.3 is 5.11 Å². The maximum absolute atomic E-state index is 10.9. The third-order valence-electron chi connectivity index (χ3n) is 2.16. The van der Waals surface area contributed by atoms with E-state index in [1.165, 1.54) is 11.3 Å². The Morgan fingerprint density at radius 1 is 1.53 bits per heavy atom. The molecule has 0 fully saturated rings. The predicted molar refractivity (Wildman–Crippen MR) is 72.0 cm³/mol. The van der Waals surface area contributed by atoms with E-state index in [9.17, 15) is 4.79 Å². The van der Waals surface area contributed by atoms with E-state index in [1.807, 2.05) is 12.1 Å². The van der Waals surface area contributed by atoms with E-state index in [1.54, 1.807) is 13.0 Å². The van der Waals surface area contributed by atoms with Gasteiger partial charge in [0.2, 0.25) is 0 Å². The van der Waals surface area contributed by atoms with Crippen LogP contribution >= 0.6 is 38.9 Å². The maximum atomic E-state index is 10.9. The molecular weight excluding hydrogens is 326 g/mol. The first kappa shape index (κ1) is 12.5. The van der Waals surface area contributed by atoms with Gasteiger partial charge in [0.25, 0.3) is 0 Å². The second-order valence-corrected chi connectivity index (χ2v) is 5.88. The lowest BCUT2D eigenvalue weighted by Gasteiger charge is -2.00. The Morgan fingerprint density at radius 2 is 2.24 bits per heavy atom. The molecule has 0 amide bonds. The van der Waals surface area contributed by atoms with Gasteiger partial charge in [-0.3, -0.25) is 0 Å². The van der Waals surface area contributed by atoms with Gasteiger partial charge in [-0.15, -0.1) is 11.3 Å². The number of nitrogens with zero attached hydrogens (tertiary/aromatic N) is 1. The average Bonchev–Trinajstić information content (AvgIpc) is 2.64. The van der Waals surface area contributed by atoms with Gasteiger partial charge in [0.1, 0.15) is 5.01 Å². The van der Waals surface area contributed by atoms with E-state index in [4.69, 9.17) is 16.7 Å². The molecule has 2 rings (SSSR count). The van der Waals surface area contributed by atoms with Crippen LogP contribution in [0.4, 0.5) is 0 Å². The summed E-state index contributed by atoms with van der Waals surface area (Å²) >= 11 is 10.7. The van der Waals surface area contributed by atoms with E-state index in [-0.39, 0.29) is 5.69 Å². The van der Waals surface area contributed by atoms with Crippen molar-refractivity contribution in [1.82, 2.24) is 4.98 Å². The number of halogens is 2. The number of aryl methyl sites for hydroxylation is 1. The Bertz CT molecular complexity index is 597. The molecule has 0 aliphatic heterocycles. The van der Waals surface area contributed by atoms with Crippen molar-refractivity contribution in [1.29, 1.82) is 0 Å². The molecule has 1 aromatic heterocycles. The van der Waals surface area contributed by atoms with E-state index in [0.717, 1.165) is 10.0 Å². The van der Waals surface area contributed by atoms with Crippen LogP contribution in [0.15, 0.2) is 22.7 Å². The molecule has 0 saturated heterocycles. The quantitative estimate of drug-likeness (QED) is 0.895. The summed E-state index contributed by atoms with van der Waals surface area (Å²) in [4.78, 5) is 15.7. The van der Waals surface area contributed by atoms with Gasteiger partial charge in [0, 0.05) is 14.9 Å².